The van der Waals surface area contributed by atoms with Crippen molar-refractivity contribution in [1.82, 2.24) is 5.06 Å². The standard InChI is InChI=1S/C23H35N3O5/c1-26(2,19-11-9-17-25(30)22(28)15-16-23(29)31-3)18-10-5-8-14-21(27)24-20-12-6-4-7-13-20/h4,6-7,12-13,15-16,30H,5,8-11,14,17-19H2,1-3H3/p+1/b16-15+. The van der Waals surface area contributed by atoms with Gasteiger partial charge < -0.3 is 14.5 Å². The van der Waals surface area contributed by atoms with Crippen LogP contribution in [0.2, 0.25) is 0 Å². The number of ether oxygens (including phenoxy) is 1. The molecule has 2 amide bonds. The third-order valence-corrected chi connectivity index (χ3v) is 4.93. The van der Waals surface area contributed by atoms with Crippen molar-refractivity contribution in [2.75, 3.05) is 46.2 Å². The van der Waals surface area contributed by atoms with Crippen molar-refractivity contribution in [1.29, 1.82) is 0 Å². The zero-order chi connectivity index (χ0) is 23.1. The molecule has 2 N–H and O–H groups in total. The molecular formula is C23H36N3O5+. The molecule has 0 unspecified atom stereocenters. The van der Waals surface area contributed by atoms with Gasteiger partial charge in [0.1, 0.15) is 0 Å². The van der Waals surface area contributed by atoms with Gasteiger partial charge in [-0.2, -0.15) is 0 Å². The summed E-state index contributed by atoms with van der Waals surface area (Å²) in [5, 5.41) is 13.2. The van der Waals surface area contributed by atoms with E-state index >= 15 is 0 Å². The largest absolute Gasteiger partial charge is 0.466 e. The molecule has 0 aliphatic carbocycles. The van der Waals surface area contributed by atoms with Crippen LogP contribution in [0, 0.1) is 0 Å². The number of hydrogen-bond acceptors (Lipinski definition) is 5. The van der Waals surface area contributed by atoms with Crippen LogP contribution in [0.5, 0.6) is 0 Å². The lowest BCUT2D eigenvalue weighted by atomic mass is 10.1. The Morgan fingerprint density at radius 3 is 2.29 bits per heavy atom. The minimum absolute atomic E-state index is 0.0458. The van der Waals surface area contributed by atoms with Gasteiger partial charge in [0, 0.05) is 30.8 Å². The van der Waals surface area contributed by atoms with Gasteiger partial charge in [0.25, 0.3) is 5.91 Å². The number of anilines is 1. The Morgan fingerprint density at radius 2 is 1.65 bits per heavy atom. The number of nitrogens with zero attached hydrogens (tertiary/aromatic N) is 2. The molecule has 0 fully saturated rings. The number of rotatable bonds is 14. The summed E-state index contributed by atoms with van der Waals surface area (Å²) in [5.41, 5.74) is 0.827. The Hall–Kier alpha value is -2.71. The molecule has 1 aromatic rings. The number of amides is 2. The number of unbranched alkanes of at least 4 members (excludes halogenated alkanes) is 3. The third-order valence-electron chi connectivity index (χ3n) is 4.93. The normalized spacial score (nSPS) is 11.4. The van der Waals surface area contributed by atoms with E-state index in [2.05, 4.69) is 24.1 Å². The molecule has 0 saturated heterocycles. The quantitative estimate of drug-likeness (QED) is 0.117. The third kappa shape index (κ3) is 12.6. The molecule has 0 spiro atoms. The number of hydrogen-bond donors (Lipinski definition) is 2. The second-order valence-corrected chi connectivity index (χ2v) is 8.13. The first kappa shape index (κ1) is 26.3. The maximum Gasteiger partial charge on any atom is 0.330 e. The Bertz CT molecular complexity index is 719. The van der Waals surface area contributed by atoms with Gasteiger partial charge in [0.05, 0.1) is 34.3 Å². The summed E-state index contributed by atoms with van der Waals surface area (Å²) in [7, 11) is 5.53. The van der Waals surface area contributed by atoms with Crippen LogP contribution in [-0.2, 0) is 19.1 Å². The van der Waals surface area contributed by atoms with Gasteiger partial charge in [0.2, 0.25) is 5.91 Å². The van der Waals surface area contributed by atoms with E-state index in [4.69, 9.17) is 0 Å². The highest BCUT2D eigenvalue weighted by molar-refractivity contribution is 5.94. The van der Waals surface area contributed by atoms with Gasteiger partial charge in [-0.25, -0.2) is 9.86 Å². The highest BCUT2D eigenvalue weighted by Crippen LogP contribution is 2.10. The number of carbonyl (C=O) groups excluding carboxylic acids is 3. The highest BCUT2D eigenvalue weighted by atomic mass is 16.5. The summed E-state index contributed by atoms with van der Waals surface area (Å²) in [6.07, 6.45) is 6.91. The van der Waals surface area contributed by atoms with Gasteiger partial charge in [-0.05, 0) is 44.2 Å². The van der Waals surface area contributed by atoms with Crippen molar-refractivity contribution < 1.29 is 28.8 Å². The smallest absolute Gasteiger partial charge is 0.330 e. The van der Waals surface area contributed by atoms with Crippen LogP contribution in [0.25, 0.3) is 0 Å². The summed E-state index contributed by atoms with van der Waals surface area (Å²) >= 11 is 0. The van der Waals surface area contributed by atoms with Crippen LogP contribution in [0.3, 0.4) is 0 Å². The fourth-order valence-electron chi connectivity index (χ4n) is 3.06. The lowest BCUT2D eigenvalue weighted by Crippen LogP contribution is -2.41. The zero-order valence-electron chi connectivity index (χ0n) is 18.9. The first-order valence-corrected chi connectivity index (χ1v) is 10.7. The van der Waals surface area contributed by atoms with Crippen molar-refractivity contribution >= 4 is 23.5 Å². The van der Waals surface area contributed by atoms with E-state index < -0.39 is 11.9 Å². The van der Waals surface area contributed by atoms with Gasteiger partial charge in [0.15, 0.2) is 0 Å². The molecule has 0 aliphatic rings. The van der Waals surface area contributed by atoms with Crippen LogP contribution in [0.15, 0.2) is 42.5 Å². The molecule has 172 valence electrons. The number of quaternary nitrogens is 1. The first-order chi connectivity index (χ1) is 14.7. The topological polar surface area (TPSA) is 95.9 Å². The minimum Gasteiger partial charge on any atom is -0.466 e. The Balaban J connectivity index is 2.13. The van der Waals surface area contributed by atoms with E-state index in [-0.39, 0.29) is 12.5 Å². The lowest BCUT2D eigenvalue weighted by Gasteiger charge is -2.30. The summed E-state index contributed by atoms with van der Waals surface area (Å²) in [4.78, 5) is 34.6. The van der Waals surface area contributed by atoms with Crippen LogP contribution < -0.4 is 5.32 Å². The molecule has 1 rings (SSSR count). The van der Waals surface area contributed by atoms with Crippen molar-refractivity contribution in [2.45, 2.75) is 38.5 Å². The molecule has 0 radical (unpaired) electrons. The molecule has 0 saturated carbocycles. The monoisotopic (exact) mass is 434 g/mol. The van der Waals surface area contributed by atoms with E-state index in [1.807, 2.05) is 30.3 Å². The number of esters is 1. The fraction of sp³-hybridized carbons (Fsp3) is 0.522. The average molecular weight is 435 g/mol. The molecule has 0 bridgehead atoms. The van der Waals surface area contributed by atoms with Crippen molar-refractivity contribution in [3.63, 3.8) is 0 Å². The second-order valence-electron chi connectivity index (χ2n) is 8.13. The molecule has 1 aromatic carbocycles. The predicted octanol–water partition coefficient (Wildman–Crippen LogP) is 2.99. The number of nitrogens with one attached hydrogen (secondary N) is 1. The number of methoxy groups -OCH3 is 1. The Kier molecular flexibility index (Phi) is 12.2. The maximum atomic E-state index is 11.9. The molecule has 8 heteroatoms. The number of hydroxylamine groups is 2. The maximum absolute atomic E-state index is 11.9. The van der Waals surface area contributed by atoms with Crippen molar-refractivity contribution in [2.24, 2.45) is 0 Å². The average Bonchev–Trinajstić information content (AvgIpc) is 2.74. The van der Waals surface area contributed by atoms with Gasteiger partial charge in [-0.1, -0.05) is 18.2 Å². The first-order valence-electron chi connectivity index (χ1n) is 10.7. The van der Waals surface area contributed by atoms with Crippen molar-refractivity contribution in [3.05, 3.63) is 42.5 Å². The van der Waals surface area contributed by atoms with Gasteiger partial charge in [-0.15, -0.1) is 0 Å². The van der Waals surface area contributed by atoms with E-state index in [0.29, 0.717) is 17.9 Å². The fourth-order valence-corrected chi connectivity index (χ4v) is 3.06. The Morgan fingerprint density at radius 1 is 1.00 bits per heavy atom. The van der Waals surface area contributed by atoms with Crippen LogP contribution in [-0.4, -0.2) is 73.4 Å². The molecule has 0 heterocycles. The zero-order valence-corrected chi connectivity index (χ0v) is 18.9. The molecule has 0 aliphatic heterocycles. The number of para-hydroxylation sites is 1. The van der Waals surface area contributed by atoms with Crippen LogP contribution in [0.1, 0.15) is 38.5 Å². The van der Waals surface area contributed by atoms with E-state index in [0.717, 1.165) is 61.1 Å². The summed E-state index contributed by atoms with van der Waals surface area (Å²) in [6, 6.07) is 9.47. The minimum atomic E-state index is -0.643. The highest BCUT2D eigenvalue weighted by Gasteiger charge is 2.15. The molecule has 31 heavy (non-hydrogen) atoms. The van der Waals surface area contributed by atoms with E-state index in [9.17, 15) is 19.6 Å². The molecule has 0 atom stereocenters. The van der Waals surface area contributed by atoms with Crippen LogP contribution >= 0.6 is 0 Å². The summed E-state index contributed by atoms with van der Waals surface area (Å²) in [5.74, 6) is -1.24. The summed E-state index contributed by atoms with van der Waals surface area (Å²) in [6.45, 7) is 2.14. The second kappa shape index (κ2) is 14.3. The number of carbonyl (C=O) groups is 3. The SMILES string of the molecule is COC(=O)/C=C/C(=O)N(O)CCCC[N+](C)(C)CCCCCC(=O)Nc1ccccc1. The lowest BCUT2D eigenvalue weighted by molar-refractivity contribution is -0.890. The molecule has 8 nitrogen and oxygen atoms in total. The van der Waals surface area contributed by atoms with E-state index in [1.54, 1.807) is 0 Å². The van der Waals surface area contributed by atoms with Crippen molar-refractivity contribution in [3.8, 4) is 0 Å². The van der Waals surface area contributed by atoms with Gasteiger partial charge >= 0.3 is 5.97 Å². The summed E-state index contributed by atoms with van der Waals surface area (Å²) < 4.78 is 5.24. The predicted molar refractivity (Wildman–Crippen MR) is 119 cm³/mol. The van der Waals surface area contributed by atoms with Gasteiger partial charge in [-0.3, -0.25) is 14.8 Å². The van der Waals surface area contributed by atoms with E-state index in [1.165, 1.54) is 7.11 Å². The Labute approximate surface area is 185 Å². The number of benzene rings is 1. The van der Waals surface area contributed by atoms with Crippen LogP contribution in [0.4, 0.5) is 5.69 Å². The molecule has 0 aromatic heterocycles. The molecular weight excluding hydrogens is 398 g/mol.